The minimum atomic E-state index is -4.41. The van der Waals surface area contributed by atoms with Gasteiger partial charge < -0.3 is 15.4 Å². The summed E-state index contributed by atoms with van der Waals surface area (Å²) in [7, 11) is 1.54. The molecular weight excluding hydrogens is 477 g/mol. The zero-order valence-electron chi connectivity index (χ0n) is 18.5. The van der Waals surface area contributed by atoms with E-state index in [0.717, 1.165) is 40.6 Å². The number of likely N-dealkylation sites (tertiary alicyclic amines) is 1. The minimum absolute atomic E-state index is 0.00151. The van der Waals surface area contributed by atoms with E-state index in [1.165, 1.54) is 23.3 Å². The molecule has 1 aliphatic carbocycles. The number of thiazole rings is 2. The molecule has 2 N–H and O–H groups in total. The third-order valence-electron chi connectivity index (χ3n) is 6.30. The number of primary amides is 1. The summed E-state index contributed by atoms with van der Waals surface area (Å²) in [5.41, 5.74) is 4.80. The quantitative estimate of drug-likeness (QED) is 0.655. The molecule has 1 saturated heterocycles. The summed E-state index contributed by atoms with van der Waals surface area (Å²) in [6.07, 6.45) is -2.62. The number of fused-ring (bicyclic) bond motifs is 3. The highest BCUT2D eigenvalue weighted by Gasteiger charge is 2.51. The van der Waals surface area contributed by atoms with E-state index in [2.05, 4.69) is 9.97 Å². The van der Waals surface area contributed by atoms with Crippen molar-refractivity contribution in [2.45, 2.75) is 57.2 Å². The van der Waals surface area contributed by atoms with Crippen molar-refractivity contribution < 1.29 is 27.5 Å². The Kier molecular flexibility index (Phi) is 6.29. The molecule has 2 aromatic rings. The van der Waals surface area contributed by atoms with Crippen LogP contribution in [-0.2, 0) is 39.0 Å². The molecule has 3 heterocycles. The van der Waals surface area contributed by atoms with E-state index >= 15 is 0 Å². The highest BCUT2D eigenvalue weighted by atomic mass is 32.1. The van der Waals surface area contributed by atoms with E-state index in [4.69, 9.17) is 10.5 Å². The predicted molar refractivity (Wildman–Crippen MR) is 118 cm³/mol. The highest BCUT2D eigenvalue weighted by Crippen LogP contribution is 2.47. The summed E-state index contributed by atoms with van der Waals surface area (Å²) in [5.74, 6) is -0.955. The second-order valence-electron chi connectivity index (χ2n) is 8.91. The van der Waals surface area contributed by atoms with Crippen LogP contribution in [0.25, 0.3) is 10.6 Å². The maximum Gasteiger partial charge on any atom is 0.400 e. The summed E-state index contributed by atoms with van der Waals surface area (Å²) in [6, 6.07) is -0.718. The Morgan fingerprint density at radius 3 is 2.58 bits per heavy atom. The van der Waals surface area contributed by atoms with E-state index in [-0.39, 0.29) is 23.3 Å². The topological polar surface area (TPSA) is 98.4 Å². The van der Waals surface area contributed by atoms with E-state index in [0.29, 0.717) is 43.1 Å². The Morgan fingerprint density at radius 2 is 1.94 bits per heavy atom. The number of hydrogen-bond donors (Lipinski definition) is 1. The Balaban J connectivity index is 1.56. The smallest absolute Gasteiger partial charge is 0.384 e. The van der Waals surface area contributed by atoms with Gasteiger partial charge in [-0.15, -0.1) is 22.7 Å². The van der Waals surface area contributed by atoms with Gasteiger partial charge in [0.1, 0.15) is 21.5 Å². The molecule has 12 heteroatoms. The van der Waals surface area contributed by atoms with Crippen LogP contribution in [-0.4, -0.2) is 59.2 Å². The molecular formula is C21H25F3N4O3S2. The molecule has 0 spiro atoms. The van der Waals surface area contributed by atoms with Crippen LogP contribution >= 0.6 is 22.7 Å². The Morgan fingerprint density at radius 1 is 1.21 bits per heavy atom. The lowest BCUT2D eigenvalue weighted by Crippen LogP contribution is -2.47. The van der Waals surface area contributed by atoms with Gasteiger partial charge in [0.05, 0.1) is 29.3 Å². The molecule has 2 atom stereocenters. The number of hydrogen-bond acceptors (Lipinski definition) is 7. The first-order valence-electron chi connectivity index (χ1n) is 10.6. The molecule has 0 saturated carbocycles. The Labute approximate surface area is 197 Å². The van der Waals surface area contributed by atoms with Crippen LogP contribution in [0.15, 0.2) is 0 Å². The number of rotatable bonds is 6. The third-order valence-corrected chi connectivity index (χ3v) is 8.85. The molecule has 33 heavy (non-hydrogen) atoms. The van der Waals surface area contributed by atoms with Crippen molar-refractivity contribution in [3.8, 4) is 10.6 Å². The normalized spacial score (nSPS) is 20.6. The van der Waals surface area contributed by atoms with Gasteiger partial charge in [0.2, 0.25) is 11.8 Å². The van der Waals surface area contributed by atoms with Gasteiger partial charge in [-0.2, -0.15) is 13.2 Å². The SMILES string of the molecule is COC[C@@H]1CCN(C(=O)Cc2nc3c(s2)-c2nc(C(C)(C)C(F)(F)F)sc2CC3)[C@@H]1C(N)=O. The third kappa shape index (κ3) is 4.28. The molecule has 0 unspecified atom stereocenters. The molecule has 0 radical (unpaired) electrons. The lowest BCUT2D eigenvalue weighted by atomic mass is 9.94. The maximum atomic E-state index is 13.5. The molecule has 1 aliphatic heterocycles. The second-order valence-corrected chi connectivity index (χ2v) is 11.1. The van der Waals surface area contributed by atoms with Gasteiger partial charge in [-0.3, -0.25) is 9.59 Å². The van der Waals surface area contributed by atoms with Gasteiger partial charge in [-0.1, -0.05) is 0 Å². The van der Waals surface area contributed by atoms with Crippen LogP contribution in [0.3, 0.4) is 0 Å². The van der Waals surface area contributed by atoms with E-state index in [9.17, 15) is 22.8 Å². The van der Waals surface area contributed by atoms with Gasteiger partial charge in [0.25, 0.3) is 0 Å². The Bertz CT molecular complexity index is 1080. The molecule has 2 aromatic heterocycles. The first-order chi connectivity index (χ1) is 15.4. The van der Waals surface area contributed by atoms with Crippen molar-refractivity contribution in [2.24, 2.45) is 11.7 Å². The number of alkyl halides is 3. The molecule has 1 fully saturated rings. The first kappa shape index (κ1) is 24.1. The van der Waals surface area contributed by atoms with Gasteiger partial charge in [-0.05, 0) is 33.1 Å². The molecule has 2 aliphatic rings. The highest BCUT2D eigenvalue weighted by molar-refractivity contribution is 7.16. The van der Waals surface area contributed by atoms with E-state index < -0.39 is 23.5 Å². The summed E-state index contributed by atoms with van der Waals surface area (Å²) < 4.78 is 45.7. The zero-order chi connectivity index (χ0) is 24.1. The van der Waals surface area contributed by atoms with Gasteiger partial charge >= 0.3 is 6.18 Å². The summed E-state index contributed by atoms with van der Waals surface area (Å²) in [6.45, 7) is 3.03. The summed E-state index contributed by atoms with van der Waals surface area (Å²) in [4.78, 5) is 36.9. The number of aromatic nitrogens is 2. The second kappa shape index (κ2) is 8.62. The lowest BCUT2D eigenvalue weighted by molar-refractivity contribution is -0.180. The molecule has 2 amide bonds. The van der Waals surface area contributed by atoms with Crippen LogP contribution in [0.5, 0.6) is 0 Å². The van der Waals surface area contributed by atoms with Gasteiger partial charge in [0.15, 0.2) is 0 Å². The number of halogens is 3. The van der Waals surface area contributed by atoms with Crippen LogP contribution in [0.2, 0.25) is 0 Å². The zero-order valence-corrected chi connectivity index (χ0v) is 20.1. The van der Waals surface area contributed by atoms with Crippen molar-refractivity contribution >= 4 is 34.5 Å². The van der Waals surface area contributed by atoms with Crippen molar-refractivity contribution in [3.05, 3.63) is 20.6 Å². The summed E-state index contributed by atoms with van der Waals surface area (Å²) in [5, 5.41) is 0.588. The van der Waals surface area contributed by atoms with Crippen LogP contribution in [0.1, 0.15) is 40.9 Å². The number of carbonyl (C=O) groups is 2. The molecule has 7 nitrogen and oxygen atoms in total. The average molecular weight is 503 g/mol. The predicted octanol–water partition coefficient (Wildman–Crippen LogP) is 3.10. The Hall–Kier alpha value is -2.05. The largest absolute Gasteiger partial charge is 0.400 e. The van der Waals surface area contributed by atoms with Crippen molar-refractivity contribution in [2.75, 3.05) is 20.3 Å². The maximum absolute atomic E-state index is 13.5. The summed E-state index contributed by atoms with van der Waals surface area (Å²) >= 11 is 2.37. The first-order valence-corrected chi connectivity index (χ1v) is 12.2. The van der Waals surface area contributed by atoms with Gasteiger partial charge in [0, 0.05) is 24.4 Å². The van der Waals surface area contributed by atoms with E-state index in [1.807, 2.05) is 0 Å². The number of carbonyl (C=O) groups excluding carboxylic acids is 2. The molecule has 0 bridgehead atoms. The lowest BCUT2D eigenvalue weighted by Gasteiger charge is -2.25. The van der Waals surface area contributed by atoms with Crippen molar-refractivity contribution in [3.63, 3.8) is 0 Å². The fourth-order valence-electron chi connectivity index (χ4n) is 4.29. The van der Waals surface area contributed by atoms with Crippen LogP contribution in [0.4, 0.5) is 13.2 Å². The molecule has 180 valence electrons. The fraction of sp³-hybridized carbons (Fsp3) is 0.619. The standard InChI is InChI=1S/C21H25F3N4O3S2/c1-20(2,21(22,23)24)19-27-15-12(32-19)5-4-11-17(15)33-13(26-11)8-14(29)28-7-6-10(9-31-3)16(28)18(25)30/h10,16H,4-9H2,1-3H3,(H2,25,30)/t10-,16-/m0/s1. The fourth-order valence-corrected chi connectivity index (χ4v) is 6.66. The average Bonchev–Trinajstić information content (AvgIpc) is 3.42. The molecule has 4 rings (SSSR count). The number of nitrogens with two attached hydrogens (primary N) is 1. The van der Waals surface area contributed by atoms with Crippen LogP contribution in [0, 0.1) is 5.92 Å². The number of methoxy groups -OCH3 is 1. The number of aryl methyl sites for hydroxylation is 2. The number of amides is 2. The number of ether oxygens (including phenoxy) is 1. The number of nitrogens with zero attached hydrogens (tertiary/aromatic N) is 3. The van der Waals surface area contributed by atoms with Crippen molar-refractivity contribution in [1.82, 2.24) is 14.9 Å². The van der Waals surface area contributed by atoms with Gasteiger partial charge in [-0.25, -0.2) is 9.97 Å². The minimum Gasteiger partial charge on any atom is -0.384 e. The van der Waals surface area contributed by atoms with Crippen LogP contribution < -0.4 is 5.73 Å². The van der Waals surface area contributed by atoms with E-state index in [1.54, 1.807) is 0 Å². The molecule has 0 aromatic carbocycles. The monoisotopic (exact) mass is 502 g/mol. The van der Waals surface area contributed by atoms with Crippen molar-refractivity contribution in [1.29, 1.82) is 0 Å².